The number of aliphatic hydroxyl groups is 2. The van der Waals surface area contributed by atoms with E-state index in [2.05, 4.69) is 47.6 Å². The Labute approximate surface area is 206 Å². The van der Waals surface area contributed by atoms with E-state index in [1.165, 1.54) is 5.57 Å². The van der Waals surface area contributed by atoms with Crippen LogP contribution >= 0.6 is 0 Å². The van der Waals surface area contributed by atoms with Crippen molar-refractivity contribution < 1.29 is 20.1 Å². The molecule has 4 aliphatic rings. The molecule has 3 fully saturated rings. The van der Waals surface area contributed by atoms with E-state index < -0.39 is 11.6 Å². The maximum atomic E-state index is 12.5. The standard InChI is InChI=1S/C30H48O4/c1-19(25(32)33)9-8-10-20(2)27(5)15-13-21-22-11-12-23-26(3,4)24(31)14-16-29(23,7)30(22,34)18-17-28(21,27)6/h9,13,20,22-24,31,34H,8,10-12,14-18H2,1-7H3,(H,32,33)/b19-9+/t20-,22+,23+,24+,27-,28+,29+,30-/m1/s1. The van der Waals surface area contributed by atoms with Crippen LogP contribution in [0.1, 0.15) is 106 Å². The topological polar surface area (TPSA) is 77.8 Å². The Kier molecular flexibility index (Phi) is 6.26. The van der Waals surface area contributed by atoms with Gasteiger partial charge in [-0.25, -0.2) is 4.79 Å². The van der Waals surface area contributed by atoms with Crippen LogP contribution < -0.4 is 0 Å². The second-order valence-corrected chi connectivity index (χ2v) is 13.7. The van der Waals surface area contributed by atoms with E-state index in [4.69, 9.17) is 0 Å². The van der Waals surface area contributed by atoms with Crippen molar-refractivity contribution in [3.05, 3.63) is 23.3 Å². The lowest BCUT2D eigenvalue weighted by molar-refractivity contribution is -0.242. The van der Waals surface area contributed by atoms with Crippen LogP contribution in [0.15, 0.2) is 23.3 Å². The highest BCUT2D eigenvalue weighted by molar-refractivity contribution is 5.85. The molecule has 0 bridgehead atoms. The van der Waals surface area contributed by atoms with Crippen LogP contribution in [-0.4, -0.2) is 33.0 Å². The fourth-order valence-corrected chi connectivity index (χ4v) is 9.29. The van der Waals surface area contributed by atoms with Crippen LogP contribution in [0.5, 0.6) is 0 Å². The predicted octanol–water partition coefficient (Wildman–Crippen LogP) is 6.51. The molecule has 0 unspecified atom stereocenters. The molecule has 8 atom stereocenters. The van der Waals surface area contributed by atoms with Crippen LogP contribution in [0.25, 0.3) is 0 Å². The van der Waals surface area contributed by atoms with Gasteiger partial charge in [0.2, 0.25) is 0 Å². The lowest BCUT2D eigenvalue weighted by atomic mass is 9.39. The third-order valence-corrected chi connectivity index (χ3v) is 12.3. The van der Waals surface area contributed by atoms with Gasteiger partial charge < -0.3 is 15.3 Å². The number of fused-ring (bicyclic) bond motifs is 5. The van der Waals surface area contributed by atoms with Crippen molar-refractivity contribution in [2.24, 2.45) is 39.4 Å². The largest absolute Gasteiger partial charge is 0.478 e. The third kappa shape index (κ3) is 3.34. The van der Waals surface area contributed by atoms with Crippen LogP contribution in [0.2, 0.25) is 0 Å². The minimum Gasteiger partial charge on any atom is -0.478 e. The molecule has 4 heteroatoms. The summed E-state index contributed by atoms with van der Waals surface area (Å²) in [7, 11) is 0. The number of allylic oxidation sites excluding steroid dienone is 2. The van der Waals surface area contributed by atoms with Crippen molar-refractivity contribution in [3.8, 4) is 0 Å². The van der Waals surface area contributed by atoms with Crippen molar-refractivity contribution in [3.63, 3.8) is 0 Å². The van der Waals surface area contributed by atoms with E-state index in [0.717, 1.165) is 57.8 Å². The van der Waals surface area contributed by atoms with Gasteiger partial charge in [0.15, 0.2) is 0 Å². The van der Waals surface area contributed by atoms with Gasteiger partial charge >= 0.3 is 5.97 Å². The monoisotopic (exact) mass is 472 g/mol. The molecule has 3 saturated carbocycles. The van der Waals surface area contributed by atoms with E-state index in [-0.39, 0.29) is 33.7 Å². The quantitative estimate of drug-likeness (QED) is 0.315. The Morgan fingerprint density at radius 2 is 1.79 bits per heavy atom. The zero-order valence-corrected chi connectivity index (χ0v) is 22.6. The number of carboxylic acids is 1. The SMILES string of the molecule is C/C(=C\CC[C@@H](C)[C@@]1(C)CC=C2[C@@H]3CC[C@H]4C(C)(C)[C@@H](O)CC[C@]4(C)[C@@]3(O)CC[C@@]21C)C(=O)O. The molecule has 4 aliphatic carbocycles. The number of carboxylic acid groups (broad SMARTS) is 1. The number of carbonyl (C=O) groups is 1. The molecule has 0 aromatic heterocycles. The van der Waals surface area contributed by atoms with Gasteiger partial charge in [0, 0.05) is 16.9 Å². The molecule has 0 saturated heterocycles. The fraction of sp³-hybridized carbons (Fsp3) is 0.833. The second kappa shape index (κ2) is 8.20. The molecule has 192 valence electrons. The summed E-state index contributed by atoms with van der Waals surface area (Å²) >= 11 is 0. The van der Waals surface area contributed by atoms with Crippen LogP contribution in [0.4, 0.5) is 0 Å². The summed E-state index contributed by atoms with van der Waals surface area (Å²) in [4.78, 5) is 11.2. The molecule has 4 nitrogen and oxygen atoms in total. The van der Waals surface area contributed by atoms with Crippen LogP contribution in [0, 0.1) is 39.4 Å². The molecule has 3 N–H and O–H groups in total. The first-order valence-corrected chi connectivity index (χ1v) is 13.7. The molecule has 0 amide bonds. The molecule has 0 spiro atoms. The molecule has 4 rings (SSSR count). The highest BCUT2D eigenvalue weighted by atomic mass is 16.4. The lowest BCUT2D eigenvalue weighted by Crippen LogP contribution is -2.67. The predicted molar refractivity (Wildman–Crippen MR) is 136 cm³/mol. The first-order chi connectivity index (χ1) is 15.6. The number of aliphatic carboxylic acids is 1. The van der Waals surface area contributed by atoms with Gasteiger partial charge in [0.05, 0.1) is 11.7 Å². The normalized spacial score (nSPS) is 46.7. The molecule has 0 aromatic carbocycles. The Bertz CT molecular complexity index is 901. The lowest BCUT2D eigenvalue weighted by Gasteiger charge is -2.68. The van der Waals surface area contributed by atoms with Crippen molar-refractivity contribution in [2.75, 3.05) is 0 Å². The van der Waals surface area contributed by atoms with Crippen molar-refractivity contribution in [2.45, 2.75) is 118 Å². The zero-order chi connectivity index (χ0) is 25.3. The van der Waals surface area contributed by atoms with E-state index in [1.807, 2.05) is 6.08 Å². The summed E-state index contributed by atoms with van der Waals surface area (Å²) < 4.78 is 0. The summed E-state index contributed by atoms with van der Waals surface area (Å²) in [6, 6.07) is 0. The molecular formula is C30H48O4. The molecule has 0 aromatic rings. The van der Waals surface area contributed by atoms with Crippen molar-refractivity contribution >= 4 is 5.97 Å². The highest BCUT2D eigenvalue weighted by Crippen LogP contribution is 2.72. The summed E-state index contributed by atoms with van der Waals surface area (Å²) in [6.07, 6.45) is 12.5. The minimum atomic E-state index is -0.829. The van der Waals surface area contributed by atoms with Gasteiger partial charge in [0.25, 0.3) is 0 Å². The molecule has 0 aliphatic heterocycles. The smallest absolute Gasteiger partial charge is 0.330 e. The van der Waals surface area contributed by atoms with E-state index in [1.54, 1.807) is 6.92 Å². The van der Waals surface area contributed by atoms with Gasteiger partial charge in [-0.1, -0.05) is 59.3 Å². The van der Waals surface area contributed by atoms with Gasteiger partial charge in [-0.15, -0.1) is 0 Å². The van der Waals surface area contributed by atoms with E-state index in [0.29, 0.717) is 17.4 Å². The number of hydrogen-bond donors (Lipinski definition) is 3. The zero-order valence-electron chi connectivity index (χ0n) is 22.6. The van der Waals surface area contributed by atoms with E-state index >= 15 is 0 Å². The second-order valence-electron chi connectivity index (χ2n) is 13.7. The van der Waals surface area contributed by atoms with Gasteiger partial charge in [-0.2, -0.15) is 0 Å². The Morgan fingerprint density at radius 1 is 1.12 bits per heavy atom. The van der Waals surface area contributed by atoms with E-state index in [9.17, 15) is 20.1 Å². The van der Waals surface area contributed by atoms with Gasteiger partial charge in [0.1, 0.15) is 0 Å². The van der Waals surface area contributed by atoms with Crippen molar-refractivity contribution in [1.29, 1.82) is 0 Å². The summed E-state index contributed by atoms with van der Waals surface area (Å²) in [5, 5.41) is 32.5. The first kappa shape index (κ1) is 25.9. The third-order valence-electron chi connectivity index (χ3n) is 12.3. The summed E-state index contributed by atoms with van der Waals surface area (Å²) in [6.45, 7) is 15.7. The molecule has 34 heavy (non-hydrogen) atoms. The Hall–Kier alpha value is -1.13. The maximum absolute atomic E-state index is 12.5. The Balaban J connectivity index is 1.59. The van der Waals surface area contributed by atoms with Crippen molar-refractivity contribution in [1.82, 2.24) is 0 Å². The maximum Gasteiger partial charge on any atom is 0.330 e. The molecule has 0 radical (unpaired) electrons. The first-order valence-electron chi connectivity index (χ1n) is 13.7. The molecule has 0 heterocycles. The van der Waals surface area contributed by atoms with Crippen LogP contribution in [0.3, 0.4) is 0 Å². The average Bonchev–Trinajstić information content (AvgIpc) is 3.04. The molecular weight excluding hydrogens is 424 g/mol. The Morgan fingerprint density at radius 3 is 2.44 bits per heavy atom. The summed E-state index contributed by atoms with van der Waals surface area (Å²) in [5.74, 6) is 0.184. The summed E-state index contributed by atoms with van der Waals surface area (Å²) in [5.41, 5.74) is 1.09. The number of aliphatic hydroxyl groups excluding tert-OH is 1. The van der Waals surface area contributed by atoms with Crippen LogP contribution in [-0.2, 0) is 4.79 Å². The van der Waals surface area contributed by atoms with Gasteiger partial charge in [-0.05, 0) is 92.8 Å². The number of rotatable bonds is 5. The highest BCUT2D eigenvalue weighted by Gasteiger charge is 2.69. The minimum absolute atomic E-state index is 0.0712. The fourth-order valence-electron chi connectivity index (χ4n) is 9.29. The van der Waals surface area contributed by atoms with Gasteiger partial charge in [-0.3, -0.25) is 0 Å². The average molecular weight is 473 g/mol. The number of hydrogen-bond acceptors (Lipinski definition) is 3.